The van der Waals surface area contributed by atoms with Crippen LogP contribution >= 0.6 is 0 Å². The second-order valence-corrected chi connectivity index (χ2v) is 5.48. The van der Waals surface area contributed by atoms with Crippen molar-refractivity contribution in [3.05, 3.63) is 29.8 Å². The number of hydrogen-bond acceptors (Lipinski definition) is 3. The molecule has 0 spiro atoms. The lowest BCUT2D eigenvalue weighted by molar-refractivity contribution is 0.0682. The minimum atomic E-state index is 0.757. The van der Waals surface area contributed by atoms with E-state index in [0.29, 0.717) is 0 Å². The Morgan fingerprint density at radius 1 is 1.21 bits per heavy atom. The first-order valence-electron chi connectivity index (χ1n) is 7.39. The van der Waals surface area contributed by atoms with Crippen molar-refractivity contribution in [2.45, 2.75) is 26.2 Å². The molecule has 1 fully saturated rings. The van der Waals surface area contributed by atoms with Gasteiger partial charge in [-0.25, -0.2) is 0 Å². The molecule has 0 unspecified atom stereocenters. The van der Waals surface area contributed by atoms with E-state index in [1.807, 2.05) is 0 Å². The van der Waals surface area contributed by atoms with Crippen LogP contribution in [0.25, 0.3) is 0 Å². The van der Waals surface area contributed by atoms with Gasteiger partial charge in [0.1, 0.15) is 0 Å². The van der Waals surface area contributed by atoms with Gasteiger partial charge in [-0.05, 0) is 50.8 Å². The van der Waals surface area contributed by atoms with E-state index in [9.17, 15) is 0 Å². The molecular formula is C16H26N2O. The van der Waals surface area contributed by atoms with E-state index in [0.717, 1.165) is 45.2 Å². The third-order valence-electron chi connectivity index (χ3n) is 3.85. The maximum absolute atomic E-state index is 5.67. The molecule has 0 bridgehead atoms. The van der Waals surface area contributed by atoms with E-state index in [1.54, 1.807) is 0 Å². The molecule has 1 heterocycles. The number of aryl methyl sites for hydroxylation is 1. The van der Waals surface area contributed by atoms with Crippen LogP contribution in [0.4, 0.5) is 5.69 Å². The minimum absolute atomic E-state index is 0.757. The van der Waals surface area contributed by atoms with Crippen LogP contribution in [0.5, 0.6) is 0 Å². The van der Waals surface area contributed by atoms with E-state index in [2.05, 4.69) is 36.1 Å². The first-order chi connectivity index (χ1) is 9.29. The smallest absolute Gasteiger partial charge is 0.0469 e. The summed E-state index contributed by atoms with van der Waals surface area (Å²) < 4.78 is 5.45. The van der Waals surface area contributed by atoms with Crippen molar-refractivity contribution in [2.75, 3.05) is 37.7 Å². The van der Waals surface area contributed by atoms with Gasteiger partial charge in [0.15, 0.2) is 0 Å². The summed E-state index contributed by atoms with van der Waals surface area (Å²) in [5, 5.41) is 0. The highest BCUT2D eigenvalue weighted by Gasteiger charge is 2.17. The lowest BCUT2D eigenvalue weighted by Gasteiger charge is -2.31. The van der Waals surface area contributed by atoms with Gasteiger partial charge in [0.25, 0.3) is 0 Å². The average molecular weight is 262 g/mol. The number of rotatable bonds is 6. The summed E-state index contributed by atoms with van der Waals surface area (Å²) >= 11 is 0. The van der Waals surface area contributed by atoms with Crippen molar-refractivity contribution >= 4 is 5.69 Å². The van der Waals surface area contributed by atoms with Gasteiger partial charge >= 0.3 is 0 Å². The zero-order chi connectivity index (χ0) is 13.5. The summed E-state index contributed by atoms with van der Waals surface area (Å²) in [6.07, 6.45) is 3.42. The first kappa shape index (κ1) is 14.4. The van der Waals surface area contributed by atoms with Gasteiger partial charge < -0.3 is 15.4 Å². The number of hydrogen-bond donors (Lipinski definition) is 1. The minimum Gasteiger partial charge on any atom is -0.381 e. The SMILES string of the molecule is Cc1ccc(N(CCCN)CC2CCOCC2)cc1. The van der Waals surface area contributed by atoms with Crippen LogP contribution in [0.2, 0.25) is 0 Å². The highest BCUT2D eigenvalue weighted by atomic mass is 16.5. The molecule has 1 aliphatic heterocycles. The van der Waals surface area contributed by atoms with Crippen molar-refractivity contribution in [3.63, 3.8) is 0 Å². The summed E-state index contributed by atoms with van der Waals surface area (Å²) in [6.45, 7) is 6.92. The molecule has 0 aliphatic carbocycles. The molecule has 106 valence electrons. The molecule has 0 aromatic heterocycles. The van der Waals surface area contributed by atoms with Crippen LogP contribution in [0.3, 0.4) is 0 Å². The number of nitrogens with two attached hydrogens (primary N) is 1. The van der Waals surface area contributed by atoms with Crippen molar-refractivity contribution in [1.82, 2.24) is 0 Å². The van der Waals surface area contributed by atoms with E-state index in [-0.39, 0.29) is 0 Å². The fourth-order valence-corrected chi connectivity index (χ4v) is 2.60. The lowest BCUT2D eigenvalue weighted by Crippen LogP contribution is -2.34. The van der Waals surface area contributed by atoms with Gasteiger partial charge in [-0.1, -0.05) is 17.7 Å². The molecule has 1 aliphatic rings. The summed E-state index contributed by atoms with van der Waals surface area (Å²) in [4.78, 5) is 2.49. The van der Waals surface area contributed by atoms with Crippen LogP contribution in [-0.4, -0.2) is 32.8 Å². The molecule has 3 heteroatoms. The van der Waals surface area contributed by atoms with Crippen LogP contribution in [0.1, 0.15) is 24.8 Å². The third-order valence-corrected chi connectivity index (χ3v) is 3.85. The van der Waals surface area contributed by atoms with Gasteiger partial charge in [-0.15, -0.1) is 0 Å². The highest BCUT2D eigenvalue weighted by molar-refractivity contribution is 5.47. The Hall–Kier alpha value is -1.06. The summed E-state index contributed by atoms with van der Waals surface area (Å²) in [6, 6.07) is 8.83. The normalized spacial score (nSPS) is 16.5. The van der Waals surface area contributed by atoms with Crippen molar-refractivity contribution in [2.24, 2.45) is 11.7 Å². The molecular weight excluding hydrogens is 236 g/mol. The zero-order valence-corrected chi connectivity index (χ0v) is 12.0. The molecule has 2 N–H and O–H groups in total. The summed E-state index contributed by atoms with van der Waals surface area (Å²) in [5.74, 6) is 0.757. The van der Waals surface area contributed by atoms with E-state index < -0.39 is 0 Å². The Kier molecular flexibility index (Phi) is 5.67. The molecule has 0 amide bonds. The Labute approximate surface area is 116 Å². The zero-order valence-electron chi connectivity index (χ0n) is 12.0. The topological polar surface area (TPSA) is 38.5 Å². The van der Waals surface area contributed by atoms with Gasteiger partial charge in [0.2, 0.25) is 0 Å². The summed E-state index contributed by atoms with van der Waals surface area (Å²) in [7, 11) is 0. The Bertz CT molecular complexity index is 358. The molecule has 0 atom stereocenters. The van der Waals surface area contributed by atoms with E-state index >= 15 is 0 Å². The lowest BCUT2D eigenvalue weighted by atomic mass is 9.99. The predicted molar refractivity (Wildman–Crippen MR) is 80.6 cm³/mol. The highest BCUT2D eigenvalue weighted by Crippen LogP contribution is 2.21. The van der Waals surface area contributed by atoms with Crippen LogP contribution in [0, 0.1) is 12.8 Å². The van der Waals surface area contributed by atoms with E-state index in [1.165, 1.54) is 24.1 Å². The van der Waals surface area contributed by atoms with Gasteiger partial charge in [-0.2, -0.15) is 0 Å². The molecule has 1 saturated heterocycles. The monoisotopic (exact) mass is 262 g/mol. The second-order valence-electron chi connectivity index (χ2n) is 5.48. The number of nitrogens with zero attached hydrogens (tertiary/aromatic N) is 1. The average Bonchev–Trinajstić information content (AvgIpc) is 2.45. The first-order valence-corrected chi connectivity index (χ1v) is 7.39. The fraction of sp³-hybridized carbons (Fsp3) is 0.625. The van der Waals surface area contributed by atoms with Gasteiger partial charge in [0, 0.05) is 32.0 Å². The molecule has 3 nitrogen and oxygen atoms in total. The molecule has 19 heavy (non-hydrogen) atoms. The van der Waals surface area contributed by atoms with Crippen LogP contribution in [-0.2, 0) is 4.74 Å². The third kappa shape index (κ3) is 4.51. The van der Waals surface area contributed by atoms with Crippen molar-refractivity contribution < 1.29 is 4.74 Å². The van der Waals surface area contributed by atoms with Crippen LogP contribution in [0.15, 0.2) is 24.3 Å². The second kappa shape index (κ2) is 7.51. The quantitative estimate of drug-likeness (QED) is 0.856. The van der Waals surface area contributed by atoms with E-state index in [4.69, 9.17) is 10.5 Å². The molecule has 0 saturated carbocycles. The van der Waals surface area contributed by atoms with Gasteiger partial charge in [0.05, 0.1) is 0 Å². The van der Waals surface area contributed by atoms with Crippen LogP contribution < -0.4 is 10.6 Å². The standard InChI is InChI=1S/C16H26N2O/c1-14-3-5-16(6-4-14)18(10-2-9-17)13-15-7-11-19-12-8-15/h3-6,15H,2,7-13,17H2,1H3. The molecule has 1 aromatic carbocycles. The largest absolute Gasteiger partial charge is 0.381 e. The Balaban J connectivity index is 1.99. The number of ether oxygens (including phenoxy) is 1. The molecule has 2 rings (SSSR count). The predicted octanol–water partition coefficient (Wildman–Crippen LogP) is 2.58. The fourth-order valence-electron chi connectivity index (χ4n) is 2.60. The van der Waals surface area contributed by atoms with Gasteiger partial charge in [-0.3, -0.25) is 0 Å². The molecule has 1 aromatic rings. The van der Waals surface area contributed by atoms with Crippen molar-refractivity contribution in [3.8, 4) is 0 Å². The molecule has 0 radical (unpaired) electrons. The summed E-state index contributed by atoms with van der Waals surface area (Å²) in [5.41, 5.74) is 8.30. The van der Waals surface area contributed by atoms with Crippen molar-refractivity contribution in [1.29, 1.82) is 0 Å². The maximum Gasteiger partial charge on any atom is 0.0469 e. The Morgan fingerprint density at radius 2 is 1.89 bits per heavy atom. The number of anilines is 1. The number of benzene rings is 1. The maximum atomic E-state index is 5.67. The Morgan fingerprint density at radius 3 is 2.53 bits per heavy atom.